The van der Waals surface area contributed by atoms with E-state index in [4.69, 9.17) is 0 Å². The molecule has 0 aliphatic carbocycles. The lowest BCUT2D eigenvalue weighted by Crippen LogP contribution is -2.30. The molecule has 98 valence electrons. The average molecular weight is 252 g/mol. The number of aryl methyl sites for hydroxylation is 2. The molecule has 0 saturated carbocycles. The molecule has 0 aliphatic rings. The number of carbonyl (C=O) groups excluding carboxylic acids is 2. The number of esters is 1. The van der Waals surface area contributed by atoms with Crippen molar-refractivity contribution >= 4 is 11.8 Å². The minimum atomic E-state index is -2.26. The molecule has 0 heterocycles. The summed E-state index contributed by atoms with van der Waals surface area (Å²) in [7, 11) is 0. The van der Waals surface area contributed by atoms with Crippen LogP contribution in [0.3, 0.4) is 0 Å². The molecular weight excluding hydrogens is 235 g/mol. The number of ketones is 1. The van der Waals surface area contributed by atoms with E-state index in [9.17, 15) is 14.0 Å². The van der Waals surface area contributed by atoms with Crippen LogP contribution in [0.25, 0.3) is 0 Å². The third kappa shape index (κ3) is 3.39. The number of ether oxygens (including phenoxy) is 1. The van der Waals surface area contributed by atoms with Crippen molar-refractivity contribution in [1.82, 2.24) is 0 Å². The number of rotatable bonds is 4. The molecule has 18 heavy (non-hydrogen) atoms. The summed E-state index contributed by atoms with van der Waals surface area (Å²) in [5.74, 6) is -1.97. The zero-order chi connectivity index (χ0) is 13.9. The normalized spacial score (nSPS) is 12.3. The minimum absolute atomic E-state index is 0.225. The summed E-state index contributed by atoms with van der Waals surface area (Å²) in [5, 5.41) is 0. The van der Waals surface area contributed by atoms with Gasteiger partial charge < -0.3 is 4.74 Å². The van der Waals surface area contributed by atoms with Gasteiger partial charge in [-0.3, -0.25) is 4.79 Å². The van der Waals surface area contributed by atoms with Gasteiger partial charge in [0.25, 0.3) is 6.17 Å². The molecule has 1 rings (SSSR count). The maximum Gasteiger partial charge on any atom is 0.349 e. The van der Waals surface area contributed by atoms with Crippen LogP contribution in [0.15, 0.2) is 18.2 Å². The van der Waals surface area contributed by atoms with Gasteiger partial charge in [-0.05, 0) is 39.3 Å². The molecule has 0 saturated heterocycles. The molecule has 1 aromatic carbocycles. The molecule has 0 spiro atoms. The van der Waals surface area contributed by atoms with Gasteiger partial charge in [-0.15, -0.1) is 0 Å². The van der Waals surface area contributed by atoms with Crippen molar-refractivity contribution in [2.45, 2.75) is 40.0 Å². The van der Waals surface area contributed by atoms with Gasteiger partial charge in [-0.2, -0.15) is 0 Å². The molecule has 0 aliphatic heterocycles. The predicted molar refractivity (Wildman–Crippen MR) is 66.4 cm³/mol. The molecule has 1 atom stereocenters. The van der Waals surface area contributed by atoms with Crippen LogP contribution in [0.1, 0.15) is 35.3 Å². The van der Waals surface area contributed by atoms with E-state index >= 15 is 0 Å². The molecule has 0 N–H and O–H groups in total. The highest BCUT2D eigenvalue weighted by atomic mass is 19.1. The number of benzene rings is 1. The standard InChI is InChI=1S/C14H17FO3/c1-8(2)18-14(17)12(15)13(16)11-7-9(3)5-6-10(11)4/h5-8,12H,1-4H3. The fourth-order valence-electron chi connectivity index (χ4n) is 1.54. The predicted octanol–water partition coefficient (Wildman–Crippen LogP) is 2.78. The van der Waals surface area contributed by atoms with E-state index in [-0.39, 0.29) is 5.56 Å². The number of hydrogen-bond acceptors (Lipinski definition) is 3. The van der Waals surface area contributed by atoms with E-state index < -0.39 is 24.0 Å². The van der Waals surface area contributed by atoms with Crippen LogP contribution in [0.4, 0.5) is 4.39 Å². The number of halogens is 1. The first-order valence-electron chi connectivity index (χ1n) is 5.79. The molecule has 0 amide bonds. The van der Waals surface area contributed by atoms with Crippen LogP contribution < -0.4 is 0 Å². The summed E-state index contributed by atoms with van der Waals surface area (Å²) in [4.78, 5) is 23.2. The molecule has 0 radical (unpaired) electrons. The summed E-state index contributed by atoms with van der Waals surface area (Å²) >= 11 is 0. The number of Topliss-reactive ketones (excluding diaryl/α,β-unsaturated/α-hetero) is 1. The largest absolute Gasteiger partial charge is 0.460 e. The van der Waals surface area contributed by atoms with Crippen LogP contribution in [-0.4, -0.2) is 24.0 Å². The van der Waals surface area contributed by atoms with Crippen LogP contribution in [0.5, 0.6) is 0 Å². The topological polar surface area (TPSA) is 43.4 Å². The van der Waals surface area contributed by atoms with Crippen molar-refractivity contribution in [3.05, 3.63) is 34.9 Å². The first kappa shape index (κ1) is 14.4. The molecule has 1 aromatic rings. The Labute approximate surface area is 106 Å². The molecule has 3 nitrogen and oxygen atoms in total. The summed E-state index contributed by atoms with van der Waals surface area (Å²) in [5.41, 5.74) is 1.71. The van der Waals surface area contributed by atoms with Gasteiger partial charge in [0.1, 0.15) is 0 Å². The third-order valence-corrected chi connectivity index (χ3v) is 2.45. The molecule has 0 fully saturated rings. The van der Waals surface area contributed by atoms with Gasteiger partial charge in [0, 0.05) is 5.56 Å². The van der Waals surface area contributed by atoms with E-state index in [2.05, 4.69) is 4.74 Å². The van der Waals surface area contributed by atoms with Crippen molar-refractivity contribution in [3.8, 4) is 0 Å². The van der Waals surface area contributed by atoms with Gasteiger partial charge in [0.05, 0.1) is 6.10 Å². The van der Waals surface area contributed by atoms with Gasteiger partial charge >= 0.3 is 5.97 Å². The van der Waals surface area contributed by atoms with Crippen LogP contribution in [0, 0.1) is 13.8 Å². The second kappa shape index (κ2) is 5.76. The monoisotopic (exact) mass is 252 g/mol. The Kier molecular flexibility index (Phi) is 4.59. The number of hydrogen-bond donors (Lipinski definition) is 0. The molecule has 1 unspecified atom stereocenters. The van der Waals surface area contributed by atoms with Gasteiger partial charge in [0.2, 0.25) is 5.78 Å². The second-order valence-corrected chi connectivity index (χ2v) is 4.53. The number of carbonyl (C=O) groups is 2. The summed E-state index contributed by atoms with van der Waals surface area (Å²) in [6.07, 6.45) is -2.70. The summed E-state index contributed by atoms with van der Waals surface area (Å²) in [6, 6.07) is 5.13. The molecular formula is C14H17FO3. The van der Waals surface area contributed by atoms with Gasteiger partial charge in [0.15, 0.2) is 0 Å². The van der Waals surface area contributed by atoms with Crippen molar-refractivity contribution in [3.63, 3.8) is 0 Å². The van der Waals surface area contributed by atoms with Crippen LogP contribution in [0.2, 0.25) is 0 Å². The highest BCUT2D eigenvalue weighted by Crippen LogP contribution is 2.15. The quantitative estimate of drug-likeness (QED) is 0.470. The van der Waals surface area contributed by atoms with E-state index in [1.165, 1.54) is 0 Å². The van der Waals surface area contributed by atoms with Gasteiger partial charge in [-0.1, -0.05) is 17.7 Å². The Hall–Kier alpha value is -1.71. The smallest absolute Gasteiger partial charge is 0.349 e. The fraction of sp³-hybridized carbons (Fsp3) is 0.429. The fourth-order valence-corrected chi connectivity index (χ4v) is 1.54. The third-order valence-electron chi connectivity index (χ3n) is 2.45. The zero-order valence-corrected chi connectivity index (χ0v) is 11.0. The summed E-state index contributed by atoms with van der Waals surface area (Å²) < 4.78 is 18.4. The maximum atomic E-state index is 13.7. The Morgan fingerprint density at radius 3 is 2.39 bits per heavy atom. The lowest BCUT2D eigenvalue weighted by molar-refractivity contribution is -0.151. The number of alkyl halides is 1. The van der Waals surface area contributed by atoms with Crippen molar-refractivity contribution < 1.29 is 18.7 Å². The Morgan fingerprint density at radius 2 is 1.83 bits per heavy atom. The Balaban J connectivity index is 2.93. The van der Waals surface area contributed by atoms with E-state index in [0.717, 1.165) is 5.56 Å². The lowest BCUT2D eigenvalue weighted by Gasteiger charge is -2.12. The second-order valence-electron chi connectivity index (χ2n) is 4.53. The van der Waals surface area contributed by atoms with Crippen molar-refractivity contribution in [2.75, 3.05) is 0 Å². The highest BCUT2D eigenvalue weighted by Gasteiger charge is 2.30. The minimum Gasteiger partial charge on any atom is -0.460 e. The Bertz CT molecular complexity index is 466. The average Bonchev–Trinajstić information content (AvgIpc) is 2.29. The van der Waals surface area contributed by atoms with Gasteiger partial charge in [-0.25, -0.2) is 9.18 Å². The Morgan fingerprint density at radius 1 is 1.22 bits per heavy atom. The van der Waals surface area contributed by atoms with Crippen molar-refractivity contribution in [2.24, 2.45) is 0 Å². The maximum absolute atomic E-state index is 13.7. The zero-order valence-electron chi connectivity index (χ0n) is 11.0. The SMILES string of the molecule is Cc1ccc(C)c(C(=O)C(F)C(=O)OC(C)C)c1. The van der Waals surface area contributed by atoms with E-state index in [1.54, 1.807) is 39.8 Å². The highest BCUT2D eigenvalue weighted by molar-refractivity contribution is 6.11. The van der Waals surface area contributed by atoms with E-state index in [1.807, 2.05) is 6.07 Å². The first-order chi connectivity index (χ1) is 8.32. The molecule has 0 aromatic heterocycles. The lowest BCUT2D eigenvalue weighted by atomic mass is 9.99. The van der Waals surface area contributed by atoms with E-state index in [0.29, 0.717) is 5.56 Å². The van der Waals surface area contributed by atoms with Crippen molar-refractivity contribution in [1.29, 1.82) is 0 Å². The molecule has 4 heteroatoms. The molecule has 0 bridgehead atoms. The van der Waals surface area contributed by atoms with Crippen LogP contribution >= 0.6 is 0 Å². The first-order valence-corrected chi connectivity index (χ1v) is 5.79. The summed E-state index contributed by atoms with van der Waals surface area (Å²) in [6.45, 7) is 6.71. The van der Waals surface area contributed by atoms with Crippen LogP contribution in [-0.2, 0) is 9.53 Å².